The summed E-state index contributed by atoms with van der Waals surface area (Å²) in [6.07, 6.45) is 1.56. The molecule has 23 heavy (non-hydrogen) atoms. The number of carbonyl (C=O) groups is 1. The summed E-state index contributed by atoms with van der Waals surface area (Å²) in [6, 6.07) is 5.53. The van der Waals surface area contributed by atoms with E-state index in [0.29, 0.717) is 24.5 Å². The summed E-state index contributed by atoms with van der Waals surface area (Å²) < 4.78 is 1.76. The topological polar surface area (TPSA) is 85.8 Å². The number of aromatic nitrogens is 3. The molecule has 128 valence electrons. The highest BCUT2D eigenvalue weighted by molar-refractivity contribution is 5.93. The van der Waals surface area contributed by atoms with Crippen LogP contribution < -0.4 is 11.1 Å². The second-order valence-electron chi connectivity index (χ2n) is 5.29. The molecular formula is C15H23Cl2N5O. The summed E-state index contributed by atoms with van der Waals surface area (Å²) >= 11 is 0. The van der Waals surface area contributed by atoms with E-state index >= 15 is 0 Å². The molecule has 0 fully saturated rings. The molecule has 0 spiro atoms. The summed E-state index contributed by atoms with van der Waals surface area (Å²) in [6.45, 7) is 7.01. The van der Waals surface area contributed by atoms with Crippen molar-refractivity contribution in [2.75, 3.05) is 13.1 Å². The van der Waals surface area contributed by atoms with Crippen LogP contribution in [-0.2, 0) is 0 Å². The Bertz CT molecular complexity index is 627. The molecule has 2 aromatic rings. The number of hydrogen-bond acceptors (Lipinski definition) is 4. The van der Waals surface area contributed by atoms with Crippen molar-refractivity contribution in [2.45, 2.75) is 20.8 Å². The van der Waals surface area contributed by atoms with Crippen molar-refractivity contribution in [3.05, 3.63) is 41.3 Å². The Morgan fingerprint density at radius 1 is 1.35 bits per heavy atom. The molecule has 2 heterocycles. The molecule has 0 saturated carbocycles. The molecule has 6 nitrogen and oxygen atoms in total. The molecule has 8 heteroatoms. The average molecular weight is 360 g/mol. The minimum Gasteiger partial charge on any atom is -0.352 e. The molecule has 0 aliphatic heterocycles. The Balaban J connectivity index is 0.00000242. The van der Waals surface area contributed by atoms with E-state index < -0.39 is 0 Å². The van der Waals surface area contributed by atoms with E-state index in [-0.39, 0.29) is 36.6 Å². The lowest BCUT2D eigenvalue weighted by Gasteiger charge is -2.10. The van der Waals surface area contributed by atoms with Crippen molar-refractivity contribution in [2.24, 2.45) is 11.7 Å². The average Bonchev–Trinajstić information content (AvgIpc) is 2.83. The van der Waals surface area contributed by atoms with E-state index in [1.807, 2.05) is 26.8 Å². The van der Waals surface area contributed by atoms with Gasteiger partial charge in [-0.1, -0.05) is 6.92 Å². The van der Waals surface area contributed by atoms with Crippen molar-refractivity contribution in [1.29, 1.82) is 0 Å². The zero-order chi connectivity index (χ0) is 15.4. The van der Waals surface area contributed by atoms with Gasteiger partial charge in [0.25, 0.3) is 5.91 Å². The van der Waals surface area contributed by atoms with Crippen LogP contribution in [0.5, 0.6) is 0 Å². The van der Waals surface area contributed by atoms with Crippen LogP contribution in [0.1, 0.15) is 28.7 Å². The highest BCUT2D eigenvalue weighted by Gasteiger charge is 2.09. The van der Waals surface area contributed by atoms with Crippen LogP contribution in [0.15, 0.2) is 24.4 Å². The second kappa shape index (κ2) is 9.50. The van der Waals surface area contributed by atoms with Gasteiger partial charge in [0.05, 0.1) is 11.3 Å². The molecular weight excluding hydrogens is 337 g/mol. The molecule has 0 radical (unpaired) electrons. The van der Waals surface area contributed by atoms with Gasteiger partial charge in [-0.3, -0.25) is 4.79 Å². The van der Waals surface area contributed by atoms with Crippen LogP contribution in [0.25, 0.3) is 5.82 Å². The van der Waals surface area contributed by atoms with Gasteiger partial charge in [-0.25, -0.2) is 9.67 Å². The lowest BCUT2D eigenvalue weighted by atomic mass is 10.2. The molecule has 1 amide bonds. The van der Waals surface area contributed by atoms with E-state index in [9.17, 15) is 4.79 Å². The summed E-state index contributed by atoms with van der Waals surface area (Å²) in [7, 11) is 0. The molecule has 1 unspecified atom stereocenters. The van der Waals surface area contributed by atoms with Crippen LogP contribution in [0.4, 0.5) is 0 Å². The first-order chi connectivity index (χ1) is 10.0. The van der Waals surface area contributed by atoms with E-state index in [1.54, 1.807) is 23.0 Å². The summed E-state index contributed by atoms with van der Waals surface area (Å²) in [4.78, 5) is 16.3. The number of nitrogens with zero attached hydrogens (tertiary/aromatic N) is 3. The fraction of sp³-hybridized carbons (Fsp3) is 0.400. The van der Waals surface area contributed by atoms with Crippen molar-refractivity contribution in [3.8, 4) is 5.82 Å². The van der Waals surface area contributed by atoms with E-state index in [4.69, 9.17) is 5.73 Å². The van der Waals surface area contributed by atoms with E-state index in [0.717, 1.165) is 11.4 Å². The van der Waals surface area contributed by atoms with Gasteiger partial charge in [0.2, 0.25) is 0 Å². The quantitative estimate of drug-likeness (QED) is 0.855. The number of halogens is 2. The largest absolute Gasteiger partial charge is 0.352 e. The molecule has 0 saturated heterocycles. The van der Waals surface area contributed by atoms with Gasteiger partial charge in [0, 0.05) is 18.4 Å². The van der Waals surface area contributed by atoms with Crippen LogP contribution in [-0.4, -0.2) is 33.8 Å². The Morgan fingerprint density at radius 3 is 2.52 bits per heavy atom. The third kappa shape index (κ3) is 5.49. The number of rotatable bonds is 5. The molecule has 3 N–H and O–H groups in total. The Hall–Kier alpha value is -1.63. The normalized spacial score (nSPS) is 11.1. The number of amides is 1. The Morgan fingerprint density at radius 2 is 2.04 bits per heavy atom. The van der Waals surface area contributed by atoms with Crippen LogP contribution in [0.2, 0.25) is 0 Å². The van der Waals surface area contributed by atoms with Gasteiger partial charge >= 0.3 is 0 Å². The highest BCUT2D eigenvalue weighted by atomic mass is 35.5. The first-order valence-corrected chi connectivity index (χ1v) is 6.99. The number of hydrogen-bond donors (Lipinski definition) is 2. The fourth-order valence-electron chi connectivity index (χ4n) is 1.96. The minimum absolute atomic E-state index is 0. The minimum atomic E-state index is -0.136. The predicted octanol–water partition coefficient (Wildman–Crippen LogP) is 2.05. The van der Waals surface area contributed by atoms with Gasteiger partial charge in [-0.05, 0) is 44.5 Å². The lowest BCUT2D eigenvalue weighted by molar-refractivity contribution is 0.0948. The second-order valence-corrected chi connectivity index (χ2v) is 5.29. The van der Waals surface area contributed by atoms with Crippen LogP contribution in [0.3, 0.4) is 0 Å². The summed E-state index contributed by atoms with van der Waals surface area (Å²) in [5.41, 5.74) is 8.00. The third-order valence-electron chi connectivity index (χ3n) is 3.25. The number of nitrogens with two attached hydrogens (primary N) is 1. The third-order valence-corrected chi connectivity index (χ3v) is 3.25. The Labute approximate surface area is 148 Å². The summed E-state index contributed by atoms with van der Waals surface area (Å²) in [5, 5.41) is 7.21. The highest BCUT2D eigenvalue weighted by Crippen LogP contribution is 2.10. The zero-order valence-corrected chi connectivity index (χ0v) is 15.1. The zero-order valence-electron chi connectivity index (χ0n) is 13.4. The lowest BCUT2D eigenvalue weighted by Crippen LogP contribution is -2.31. The van der Waals surface area contributed by atoms with Gasteiger partial charge in [-0.15, -0.1) is 24.8 Å². The number of carbonyl (C=O) groups excluding carboxylic acids is 1. The first-order valence-electron chi connectivity index (χ1n) is 6.99. The predicted molar refractivity (Wildman–Crippen MR) is 95.9 cm³/mol. The molecule has 0 aliphatic carbocycles. The fourth-order valence-corrected chi connectivity index (χ4v) is 1.96. The molecule has 2 aromatic heterocycles. The van der Waals surface area contributed by atoms with Crippen molar-refractivity contribution in [3.63, 3.8) is 0 Å². The SMILES string of the molecule is Cc1cc(C)n(-c2ccc(C(=O)NCC(C)CN)cn2)n1.Cl.Cl. The number of pyridine rings is 1. The standard InChI is InChI=1S/C15H21N5O.2ClH/c1-10(7-16)8-18-15(21)13-4-5-14(17-9-13)20-12(3)6-11(2)19-20;;/h4-6,9-10H,7-8,16H2,1-3H3,(H,18,21);2*1H. The van der Waals surface area contributed by atoms with Gasteiger partial charge in [0.15, 0.2) is 5.82 Å². The van der Waals surface area contributed by atoms with Gasteiger partial charge < -0.3 is 11.1 Å². The van der Waals surface area contributed by atoms with Crippen molar-refractivity contribution < 1.29 is 4.79 Å². The maximum absolute atomic E-state index is 12.0. The van der Waals surface area contributed by atoms with Crippen LogP contribution >= 0.6 is 24.8 Å². The molecule has 0 aromatic carbocycles. The summed E-state index contributed by atoms with van der Waals surface area (Å²) in [5.74, 6) is 0.825. The van der Waals surface area contributed by atoms with E-state index in [1.165, 1.54) is 0 Å². The molecule has 1 atom stereocenters. The van der Waals surface area contributed by atoms with Crippen molar-refractivity contribution >= 4 is 30.7 Å². The van der Waals surface area contributed by atoms with Gasteiger partial charge in [0.1, 0.15) is 0 Å². The molecule has 0 bridgehead atoms. The van der Waals surface area contributed by atoms with E-state index in [2.05, 4.69) is 15.4 Å². The number of aryl methyl sites for hydroxylation is 2. The smallest absolute Gasteiger partial charge is 0.252 e. The molecule has 2 rings (SSSR count). The monoisotopic (exact) mass is 359 g/mol. The maximum atomic E-state index is 12.0. The number of nitrogens with one attached hydrogen (secondary N) is 1. The van der Waals surface area contributed by atoms with Crippen molar-refractivity contribution in [1.82, 2.24) is 20.1 Å². The maximum Gasteiger partial charge on any atom is 0.252 e. The van der Waals surface area contributed by atoms with Crippen LogP contribution in [0, 0.1) is 19.8 Å². The Kier molecular flexibility index (Phi) is 8.82. The molecule has 0 aliphatic rings. The first kappa shape index (κ1) is 21.4. The van der Waals surface area contributed by atoms with Gasteiger partial charge in [-0.2, -0.15) is 5.10 Å².